The van der Waals surface area contributed by atoms with Crippen molar-refractivity contribution in [1.82, 2.24) is 25.1 Å². The first-order valence-electron chi connectivity index (χ1n) is 9.83. The zero-order valence-electron chi connectivity index (χ0n) is 16.4. The number of hydrogen-bond acceptors (Lipinski definition) is 7. The minimum Gasteiger partial charge on any atom is -0.454 e. The molecule has 0 fully saturated rings. The van der Waals surface area contributed by atoms with Crippen molar-refractivity contribution in [3.63, 3.8) is 0 Å². The molecule has 0 radical (unpaired) electrons. The van der Waals surface area contributed by atoms with E-state index in [2.05, 4.69) is 32.9 Å². The second kappa shape index (κ2) is 8.76. The van der Waals surface area contributed by atoms with Crippen LogP contribution >= 0.6 is 0 Å². The van der Waals surface area contributed by atoms with Crippen LogP contribution < -0.4 is 20.1 Å². The molecule has 152 valence electrons. The number of ether oxygens (including phenoxy) is 2. The highest BCUT2D eigenvalue weighted by atomic mass is 16.7. The van der Waals surface area contributed by atoms with E-state index in [4.69, 9.17) is 9.47 Å². The van der Waals surface area contributed by atoms with Crippen LogP contribution in [0.5, 0.6) is 11.5 Å². The van der Waals surface area contributed by atoms with E-state index in [1.165, 1.54) is 0 Å². The molecule has 0 bridgehead atoms. The highest BCUT2D eigenvalue weighted by Crippen LogP contribution is 2.32. The van der Waals surface area contributed by atoms with Crippen molar-refractivity contribution in [2.24, 2.45) is 0 Å². The molecule has 0 unspecified atom stereocenters. The molecule has 1 aliphatic heterocycles. The normalized spacial score (nSPS) is 12.3. The van der Waals surface area contributed by atoms with Crippen LogP contribution in [0.4, 0.5) is 5.82 Å². The predicted molar refractivity (Wildman–Crippen MR) is 107 cm³/mol. The van der Waals surface area contributed by atoms with Gasteiger partial charge in [-0.15, -0.1) is 15.3 Å². The van der Waals surface area contributed by atoms with E-state index in [-0.39, 0.29) is 12.7 Å². The summed E-state index contributed by atoms with van der Waals surface area (Å²) in [6.45, 7) is 3.66. The first-order valence-corrected chi connectivity index (χ1v) is 9.83. The van der Waals surface area contributed by atoms with E-state index in [1.54, 1.807) is 4.52 Å². The molecule has 1 aromatic carbocycles. The maximum absolute atomic E-state index is 11.9. The molecule has 9 heteroatoms. The fraction of sp³-hybridized carbons (Fsp3) is 0.400. The Balaban J connectivity index is 1.38. The average Bonchev–Trinajstić information content (AvgIpc) is 3.37. The summed E-state index contributed by atoms with van der Waals surface area (Å²) < 4.78 is 12.4. The van der Waals surface area contributed by atoms with Gasteiger partial charge in [-0.3, -0.25) is 4.79 Å². The standard InChI is InChI=1S/C20H24N6O3/c1-2-3-10-21-20(27)9-8-19-24-23-18-7-6-17(25-26(18)19)22-12-14-4-5-15-16(11-14)29-13-28-15/h4-7,11H,2-3,8-10,12-13H2,1H3,(H,21,27)(H,22,25). The molecule has 1 amide bonds. The van der Waals surface area contributed by atoms with Gasteiger partial charge in [0.1, 0.15) is 5.82 Å². The highest BCUT2D eigenvalue weighted by Gasteiger charge is 2.13. The zero-order chi connectivity index (χ0) is 20.1. The van der Waals surface area contributed by atoms with E-state index >= 15 is 0 Å². The maximum Gasteiger partial charge on any atom is 0.231 e. The van der Waals surface area contributed by atoms with Crippen molar-refractivity contribution in [2.75, 3.05) is 18.7 Å². The van der Waals surface area contributed by atoms with E-state index in [0.717, 1.165) is 29.9 Å². The quantitative estimate of drug-likeness (QED) is 0.535. The van der Waals surface area contributed by atoms with E-state index in [0.29, 0.717) is 43.2 Å². The van der Waals surface area contributed by atoms with Gasteiger partial charge in [0.2, 0.25) is 12.7 Å². The fourth-order valence-corrected chi connectivity index (χ4v) is 3.05. The van der Waals surface area contributed by atoms with Crippen molar-refractivity contribution < 1.29 is 14.3 Å². The molecule has 0 aliphatic carbocycles. The molecule has 0 atom stereocenters. The van der Waals surface area contributed by atoms with Crippen molar-refractivity contribution in [2.45, 2.75) is 39.2 Å². The number of benzene rings is 1. The van der Waals surface area contributed by atoms with Gasteiger partial charge in [0.25, 0.3) is 0 Å². The Bertz CT molecular complexity index is 1000. The molecule has 0 saturated heterocycles. The number of aryl methyl sites for hydroxylation is 1. The van der Waals surface area contributed by atoms with Crippen molar-refractivity contribution in [3.05, 3.63) is 41.7 Å². The van der Waals surface area contributed by atoms with E-state index < -0.39 is 0 Å². The second-order valence-corrected chi connectivity index (χ2v) is 6.85. The van der Waals surface area contributed by atoms with Gasteiger partial charge >= 0.3 is 0 Å². The lowest BCUT2D eigenvalue weighted by atomic mass is 10.2. The Kier molecular flexibility index (Phi) is 5.73. The van der Waals surface area contributed by atoms with Gasteiger partial charge < -0.3 is 20.1 Å². The number of rotatable bonds is 9. The van der Waals surface area contributed by atoms with Crippen LogP contribution in [0.3, 0.4) is 0 Å². The number of nitrogens with one attached hydrogen (secondary N) is 2. The molecule has 1 aliphatic rings. The molecular weight excluding hydrogens is 372 g/mol. The molecule has 29 heavy (non-hydrogen) atoms. The Morgan fingerprint density at radius 1 is 1.17 bits per heavy atom. The van der Waals surface area contributed by atoms with Crippen LogP contribution in [-0.2, 0) is 17.8 Å². The SMILES string of the molecule is CCCCNC(=O)CCc1nnc2ccc(NCc3ccc4c(c3)OCO4)nn12. The molecule has 0 spiro atoms. The summed E-state index contributed by atoms with van der Waals surface area (Å²) in [5.41, 5.74) is 1.71. The van der Waals surface area contributed by atoms with E-state index in [9.17, 15) is 4.79 Å². The van der Waals surface area contributed by atoms with Gasteiger partial charge in [-0.05, 0) is 36.2 Å². The number of anilines is 1. The fourth-order valence-electron chi connectivity index (χ4n) is 3.05. The number of fused-ring (bicyclic) bond motifs is 2. The zero-order valence-corrected chi connectivity index (χ0v) is 16.4. The van der Waals surface area contributed by atoms with Gasteiger partial charge in [-0.2, -0.15) is 4.52 Å². The van der Waals surface area contributed by atoms with Gasteiger partial charge in [-0.25, -0.2) is 0 Å². The van der Waals surface area contributed by atoms with Crippen LogP contribution in [-0.4, -0.2) is 39.1 Å². The minimum atomic E-state index is 0.0206. The number of carbonyl (C=O) groups excluding carboxylic acids is 1. The van der Waals surface area contributed by atoms with E-state index in [1.807, 2.05) is 30.3 Å². The minimum absolute atomic E-state index is 0.0206. The number of nitrogens with zero attached hydrogens (tertiary/aromatic N) is 4. The molecule has 3 heterocycles. The maximum atomic E-state index is 11.9. The summed E-state index contributed by atoms with van der Waals surface area (Å²) >= 11 is 0. The van der Waals surface area contributed by atoms with Crippen molar-refractivity contribution in [3.8, 4) is 11.5 Å². The smallest absolute Gasteiger partial charge is 0.231 e. The lowest BCUT2D eigenvalue weighted by molar-refractivity contribution is -0.121. The Labute approximate surface area is 168 Å². The highest BCUT2D eigenvalue weighted by molar-refractivity contribution is 5.76. The monoisotopic (exact) mass is 396 g/mol. The van der Waals surface area contributed by atoms with Crippen LogP contribution in [0.1, 0.15) is 37.6 Å². The number of carbonyl (C=O) groups is 1. The second-order valence-electron chi connectivity index (χ2n) is 6.85. The summed E-state index contributed by atoms with van der Waals surface area (Å²) in [6, 6.07) is 9.56. The Morgan fingerprint density at radius 3 is 2.97 bits per heavy atom. The third kappa shape index (κ3) is 4.56. The largest absolute Gasteiger partial charge is 0.454 e. The van der Waals surface area contributed by atoms with Crippen molar-refractivity contribution in [1.29, 1.82) is 0 Å². The van der Waals surface area contributed by atoms with Gasteiger partial charge in [0.05, 0.1) is 0 Å². The molecule has 2 aromatic heterocycles. The average molecular weight is 396 g/mol. The van der Waals surface area contributed by atoms with Crippen LogP contribution in [0, 0.1) is 0 Å². The topological polar surface area (TPSA) is 103 Å². The van der Waals surface area contributed by atoms with Crippen LogP contribution in [0.25, 0.3) is 5.65 Å². The Morgan fingerprint density at radius 2 is 2.07 bits per heavy atom. The first kappa shape index (κ1) is 19.0. The third-order valence-corrected chi connectivity index (χ3v) is 4.67. The lowest BCUT2D eigenvalue weighted by Gasteiger charge is -2.07. The van der Waals surface area contributed by atoms with Gasteiger partial charge in [0.15, 0.2) is 23.0 Å². The summed E-state index contributed by atoms with van der Waals surface area (Å²) in [4.78, 5) is 11.9. The molecule has 3 aromatic rings. The predicted octanol–water partition coefficient (Wildman–Crippen LogP) is 2.31. The molecule has 2 N–H and O–H groups in total. The summed E-state index contributed by atoms with van der Waals surface area (Å²) in [5.74, 6) is 2.90. The van der Waals surface area contributed by atoms with Gasteiger partial charge in [-0.1, -0.05) is 19.4 Å². The molecule has 9 nitrogen and oxygen atoms in total. The lowest BCUT2D eigenvalue weighted by Crippen LogP contribution is -2.24. The molecule has 0 saturated carbocycles. The number of aromatic nitrogens is 4. The summed E-state index contributed by atoms with van der Waals surface area (Å²) in [6.07, 6.45) is 2.89. The number of unbranched alkanes of at least 4 members (excludes halogenated alkanes) is 1. The van der Waals surface area contributed by atoms with Crippen molar-refractivity contribution >= 4 is 17.4 Å². The number of amides is 1. The first-order chi connectivity index (χ1) is 14.2. The number of hydrogen-bond donors (Lipinski definition) is 2. The van der Waals surface area contributed by atoms with Crippen LogP contribution in [0.15, 0.2) is 30.3 Å². The van der Waals surface area contributed by atoms with Crippen LogP contribution in [0.2, 0.25) is 0 Å². The molecular formula is C20H24N6O3. The summed E-state index contributed by atoms with van der Waals surface area (Å²) in [7, 11) is 0. The summed E-state index contributed by atoms with van der Waals surface area (Å²) in [5, 5.41) is 19.1. The molecule has 4 rings (SSSR count). The van der Waals surface area contributed by atoms with Gasteiger partial charge in [0, 0.05) is 25.9 Å². The third-order valence-electron chi connectivity index (χ3n) is 4.67. The Hall–Kier alpha value is -3.36.